The number of benzene rings is 1. The van der Waals surface area contributed by atoms with Gasteiger partial charge in [0.15, 0.2) is 0 Å². The maximum atomic E-state index is 4.94. The van der Waals surface area contributed by atoms with E-state index in [0.29, 0.717) is 0 Å². The number of aliphatic imine (C=N–C) groups is 1. The fraction of sp³-hybridized carbons (Fsp3) is 0.562. The third-order valence-electron chi connectivity index (χ3n) is 3.80. The summed E-state index contributed by atoms with van der Waals surface area (Å²) in [5.74, 6) is 3.50. The van der Waals surface area contributed by atoms with Crippen LogP contribution in [0.25, 0.3) is 0 Å². The predicted molar refractivity (Wildman–Crippen MR) is 89.3 cm³/mol. The number of rotatable bonds is 0. The molecule has 0 aromatic heterocycles. The maximum Gasteiger partial charge on any atom is 0.129 e. The zero-order valence-electron chi connectivity index (χ0n) is 12.5. The molecule has 0 aliphatic carbocycles. The average molecular weight is 289 g/mol. The summed E-state index contributed by atoms with van der Waals surface area (Å²) in [5, 5.41) is 7.42. The summed E-state index contributed by atoms with van der Waals surface area (Å²) in [6.45, 7) is 6.59. The third-order valence-corrected chi connectivity index (χ3v) is 4.79. The number of hydrogen-bond acceptors (Lipinski definition) is 4. The fourth-order valence-electron chi connectivity index (χ4n) is 2.81. The Morgan fingerprint density at radius 1 is 1.20 bits per heavy atom. The van der Waals surface area contributed by atoms with Crippen molar-refractivity contribution in [3.8, 4) is 0 Å². The quantitative estimate of drug-likeness (QED) is 0.763. The molecular formula is C16H23N3S. The lowest BCUT2D eigenvalue weighted by Gasteiger charge is -2.44. The van der Waals surface area contributed by atoms with Crippen molar-refractivity contribution >= 4 is 29.0 Å². The van der Waals surface area contributed by atoms with Crippen LogP contribution < -0.4 is 10.6 Å². The van der Waals surface area contributed by atoms with Crippen molar-refractivity contribution in [2.45, 2.75) is 44.7 Å². The van der Waals surface area contributed by atoms with E-state index in [-0.39, 0.29) is 11.1 Å². The Hall–Kier alpha value is -1.16. The first-order chi connectivity index (χ1) is 9.49. The maximum absolute atomic E-state index is 4.94. The Morgan fingerprint density at radius 2 is 1.90 bits per heavy atom. The van der Waals surface area contributed by atoms with Crippen LogP contribution in [0.15, 0.2) is 29.3 Å². The molecule has 2 aliphatic heterocycles. The Kier molecular flexibility index (Phi) is 3.44. The molecule has 1 fully saturated rings. The van der Waals surface area contributed by atoms with Crippen molar-refractivity contribution in [1.29, 1.82) is 0 Å². The van der Waals surface area contributed by atoms with Gasteiger partial charge >= 0.3 is 0 Å². The van der Waals surface area contributed by atoms with Crippen molar-refractivity contribution in [2.75, 3.05) is 16.8 Å². The van der Waals surface area contributed by atoms with Crippen LogP contribution in [-0.4, -0.2) is 28.4 Å². The molecule has 1 spiro atoms. The van der Waals surface area contributed by atoms with E-state index in [1.807, 2.05) is 17.8 Å². The van der Waals surface area contributed by atoms with E-state index in [4.69, 9.17) is 4.99 Å². The Morgan fingerprint density at radius 3 is 2.60 bits per heavy atom. The van der Waals surface area contributed by atoms with Crippen LogP contribution in [0.5, 0.6) is 0 Å². The largest absolute Gasteiger partial charge is 0.371 e. The molecule has 0 atom stereocenters. The Labute approximate surface area is 125 Å². The molecule has 20 heavy (non-hydrogen) atoms. The van der Waals surface area contributed by atoms with E-state index in [2.05, 4.69) is 49.6 Å². The molecule has 2 aliphatic rings. The summed E-state index contributed by atoms with van der Waals surface area (Å²) in [6.07, 6.45) is 2.27. The summed E-state index contributed by atoms with van der Waals surface area (Å²) in [7, 11) is 0. The molecule has 1 aromatic rings. The second-order valence-corrected chi connectivity index (χ2v) is 7.90. The molecular weight excluding hydrogens is 266 g/mol. The summed E-state index contributed by atoms with van der Waals surface area (Å²) >= 11 is 2.04. The third kappa shape index (κ3) is 2.66. The summed E-state index contributed by atoms with van der Waals surface area (Å²) in [5.41, 5.74) is 2.24. The highest BCUT2D eigenvalue weighted by atomic mass is 32.2. The first-order valence-corrected chi connectivity index (χ1v) is 8.46. The first-order valence-electron chi connectivity index (χ1n) is 7.31. The number of nitrogens with zero attached hydrogens (tertiary/aromatic N) is 1. The molecule has 1 saturated heterocycles. The van der Waals surface area contributed by atoms with Gasteiger partial charge in [-0.25, -0.2) is 4.99 Å². The molecule has 108 valence electrons. The van der Waals surface area contributed by atoms with Crippen LogP contribution in [0.3, 0.4) is 0 Å². The van der Waals surface area contributed by atoms with Crippen molar-refractivity contribution in [2.24, 2.45) is 4.99 Å². The fourth-order valence-corrected chi connectivity index (χ4v) is 4.00. The number of thioether (sulfide) groups is 1. The molecule has 4 heteroatoms. The van der Waals surface area contributed by atoms with Crippen LogP contribution in [0.1, 0.15) is 33.6 Å². The minimum atomic E-state index is -0.00706. The van der Waals surface area contributed by atoms with Crippen LogP contribution >= 0.6 is 11.8 Å². The van der Waals surface area contributed by atoms with Gasteiger partial charge in [0.25, 0.3) is 0 Å². The number of amidine groups is 1. The lowest BCUT2D eigenvalue weighted by molar-refractivity contribution is 0.467. The molecule has 0 amide bonds. The topological polar surface area (TPSA) is 36.4 Å². The van der Waals surface area contributed by atoms with E-state index in [1.165, 1.54) is 17.2 Å². The second-order valence-electron chi connectivity index (χ2n) is 6.67. The molecule has 2 heterocycles. The zero-order chi connectivity index (χ0) is 14.2. The van der Waals surface area contributed by atoms with Gasteiger partial charge in [-0.05, 0) is 57.3 Å². The molecule has 0 bridgehead atoms. The Bertz CT molecular complexity index is 525. The highest BCUT2D eigenvalue weighted by molar-refractivity contribution is 7.99. The van der Waals surface area contributed by atoms with Crippen LogP contribution in [-0.2, 0) is 0 Å². The van der Waals surface area contributed by atoms with Gasteiger partial charge in [0.1, 0.15) is 5.84 Å². The molecule has 0 saturated carbocycles. The molecule has 3 nitrogen and oxygen atoms in total. The van der Waals surface area contributed by atoms with E-state index >= 15 is 0 Å². The van der Waals surface area contributed by atoms with Crippen LogP contribution in [0.4, 0.5) is 11.4 Å². The lowest BCUT2D eigenvalue weighted by Crippen LogP contribution is -2.59. The van der Waals surface area contributed by atoms with Gasteiger partial charge in [-0.3, -0.25) is 0 Å². The van der Waals surface area contributed by atoms with Crippen molar-refractivity contribution in [3.05, 3.63) is 24.3 Å². The normalized spacial score (nSPS) is 20.9. The smallest absolute Gasteiger partial charge is 0.129 e. The highest BCUT2D eigenvalue weighted by Gasteiger charge is 2.41. The standard InChI is InChI=1S/C16H23N3S/c1-15(2,3)19-14-16(8-10-20-11-9-16)18-13-7-5-4-6-12(13)17-14/h4-7,18H,8-11H2,1-3H3,(H,17,19). The first kappa shape index (κ1) is 13.8. The van der Waals surface area contributed by atoms with E-state index < -0.39 is 0 Å². The Balaban J connectivity index is 2.01. The van der Waals surface area contributed by atoms with Crippen molar-refractivity contribution in [1.82, 2.24) is 5.32 Å². The molecule has 2 N–H and O–H groups in total. The average Bonchev–Trinajstić information content (AvgIpc) is 2.39. The summed E-state index contributed by atoms with van der Waals surface area (Å²) < 4.78 is 0. The number of hydrogen-bond donors (Lipinski definition) is 2. The number of para-hydroxylation sites is 2. The molecule has 0 radical (unpaired) electrons. The number of anilines is 1. The summed E-state index contributed by atoms with van der Waals surface area (Å²) in [6, 6.07) is 8.34. The van der Waals surface area contributed by atoms with Gasteiger partial charge in [-0.15, -0.1) is 0 Å². The van der Waals surface area contributed by atoms with Gasteiger partial charge in [0, 0.05) is 5.54 Å². The van der Waals surface area contributed by atoms with Gasteiger partial charge in [-0.2, -0.15) is 11.8 Å². The van der Waals surface area contributed by atoms with Gasteiger partial charge in [0.2, 0.25) is 0 Å². The van der Waals surface area contributed by atoms with E-state index in [9.17, 15) is 0 Å². The molecule has 3 rings (SSSR count). The highest BCUT2D eigenvalue weighted by Crippen LogP contribution is 2.39. The lowest BCUT2D eigenvalue weighted by atomic mass is 9.87. The monoisotopic (exact) mass is 289 g/mol. The zero-order valence-corrected chi connectivity index (χ0v) is 13.3. The van der Waals surface area contributed by atoms with E-state index in [0.717, 1.165) is 24.4 Å². The minimum absolute atomic E-state index is 0.00706. The predicted octanol–water partition coefficient (Wildman–Crippen LogP) is 3.80. The molecule has 1 aromatic carbocycles. The van der Waals surface area contributed by atoms with E-state index in [1.54, 1.807) is 0 Å². The second kappa shape index (κ2) is 4.99. The van der Waals surface area contributed by atoms with Crippen LogP contribution in [0.2, 0.25) is 0 Å². The van der Waals surface area contributed by atoms with Crippen molar-refractivity contribution in [3.63, 3.8) is 0 Å². The van der Waals surface area contributed by atoms with Crippen molar-refractivity contribution < 1.29 is 0 Å². The number of nitrogens with one attached hydrogen (secondary N) is 2. The van der Waals surface area contributed by atoms with Gasteiger partial charge in [-0.1, -0.05) is 12.1 Å². The summed E-state index contributed by atoms with van der Waals surface area (Å²) in [4.78, 5) is 4.94. The minimum Gasteiger partial charge on any atom is -0.371 e. The molecule has 0 unspecified atom stereocenters. The SMILES string of the molecule is CC(C)(C)NC1=Nc2ccccc2NC12CCSCC2. The van der Waals surface area contributed by atoms with Gasteiger partial charge in [0.05, 0.1) is 16.9 Å². The van der Waals surface area contributed by atoms with Crippen LogP contribution in [0, 0.1) is 0 Å². The van der Waals surface area contributed by atoms with Gasteiger partial charge < -0.3 is 10.6 Å². The number of fused-ring (bicyclic) bond motifs is 1.